The third kappa shape index (κ3) is 6.31. The van der Waals surface area contributed by atoms with Gasteiger partial charge in [-0.25, -0.2) is 0 Å². The molecule has 0 aromatic rings. The molecule has 1 N–H and O–H groups in total. The van der Waals surface area contributed by atoms with Crippen LogP contribution in [0, 0.1) is 0 Å². The van der Waals surface area contributed by atoms with E-state index in [-0.39, 0.29) is 12.6 Å². The Kier molecular flexibility index (Phi) is 7.41. The Morgan fingerprint density at radius 2 is 1.94 bits per heavy atom. The van der Waals surface area contributed by atoms with Crippen LogP contribution in [0.25, 0.3) is 0 Å². The van der Waals surface area contributed by atoms with Crippen molar-refractivity contribution in [2.24, 2.45) is 0 Å². The molecule has 0 saturated heterocycles. The molecule has 1 atom stereocenters. The lowest BCUT2D eigenvalue weighted by atomic mass is 10.2. The zero-order chi connectivity index (χ0) is 12.6. The first-order chi connectivity index (χ1) is 7.51. The smallest absolute Gasteiger partial charge is 0.315 e. The molecule has 0 aliphatic rings. The summed E-state index contributed by atoms with van der Waals surface area (Å²) in [5.74, 6) is -1.72. The molecule has 0 heterocycles. The lowest BCUT2D eigenvalue weighted by Gasteiger charge is -2.16. The average molecular weight is 237 g/mol. The zero-order valence-electron chi connectivity index (χ0n) is 9.46. The number of carbonyl (C=O) groups is 2. The Labute approximate surface area is 93.3 Å². The van der Waals surface area contributed by atoms with Crippen LogP contribution in [0.1, 0.15) is 33.1 Å². The lowest BCUT2D eigenvalue weighted by Crippen LogP contribution is -2.41. The minimum atomic E-state index is -3.04. The second kappa shape index (κ2) is 8.01. The van der Waals surface area contributed by atoms with Crippen molar-refractivity contribution in [1.82, 2.24) is 5.32 Å². The van der Waals surface area contributed by atoms with Crippen LogP contribution in [0.3, 0.4) is 0 Å². The van der Waals surface area contributed by atoms with E-state index in [1.165, 1.54) is 0 Å². The largest absolute Gasteiger partial charge is 0.463 e. The van der Waals surface area contributed by atoms with Crippen LogP contribution in [-0.2, 0) is 14.3 Å². The van der Waals surface area contributed by atoms with Crippen molar-refractivity contribution in [3.63, 3.8) is 0 Å². The van der Waals surface area contributed by atoms with Crippen molar-refractivity contribution in [1.29, 1.82) is 0 Å². The summed E-state index contributed by atoms with van der Waals surface area (Å²) in [4.78, 5) is 21.7. The highest BCUT2D eigenvalue weighted by Gasteiger charge is 2.19. The maximum atomic E-state index is 11.9. The fourth-order valence-electron chi connectivity index (χ4n) is 0.996. The van der Waals surface area contributed by atoms with Crippen molar-refractivity contribution < 1.29 is 23.1 Å². The zero-order valence-corrected chi connectivity index (χ0v) is 9.46. The van der Waals surface area contributed by atoms with Gasteiger partial charge in [-0.1, -0.05) is 13.8 Å². The minimum absolute atomic E-state index is 0.0617. The molecule has 0 aromatic carbocycles. The van der Waals surface area contributed by atoms with Gasteiger partial charge in [-0.3, -0.25) is 9.59 Å². The SMILES string of the molecule is CCCC(=O)OCC(CC)NC(=O)C(F)F. The molecule has 94 valence electrons. The van der Waals surface area contributed by atoms with E-state index in [1.807, 2.05) is 6.92 Å². The van der Waals surface area contributed by atoms with Gasteiger partial charge in [0, 0.05) is 6.42 Å². The predicted molar refractivity (Wildman–Crippen MR) is 54.1 cm³/mol. The van der Waals surface area contributed by atoms with E-state index in [1.54, 1.807) is 6.92 Å². The third-order valence-corrected chi connectivity index (χ3v) is 1.94. The number of hydrogen-bond donors (Lipinski definition) is 1. The number of esters is 1. The second-order valence-electron chi connectivity index (χ2n) is 3.35. The number of amides is 1. The maximum Gasteiger partial charge on any atom is 0.315 e. The fraction of sp³-hybridized carbons (Fsp3) is 0.800. The van der Waals surface area contributed by atoms with E-state index in [4.69, 9.17) is 4.74 Å². The number of hydrogen-bond acceptors (Lipinski definition) is 3. The molecule has 0 aromatic heterocycles. The molecule has 0 rings (SSSR count). The third-order valence-electron chi connectivity index (χ3n) is 1.94. The van der Waals surface area contributed by atoms with E-state index >= 15 is 0 Å². The minimum Gasteiger partial charge on any atom is -0.463 e. The predicted octanol–water partition coefficient (Wildman–Crippen LogP) is 1.49. The molecule has 0 aliphatic carbocycles. The summed E-state index contributed by atoms with van der Waals surface area (Å²) in [6, 6.07) is -0.553. The second-order valence-corrected chi connectivity index (χ2v) is 3.35. The first kappa shape index (κ1) is 14.8. The topological polar surface area (TPSA) is 55.4 Å². The standard InChI is InChI=1S/C10H17F2NO3/c1-3-5-8(14)16-6-7(4-2)13-10(15)9(11)12/h7,9H,3-6H2,1-2H3,(H,13,15). The van der Waals surface area contributed by atoms with E-state index in [0.29, 0.717) is 19.3 Å². The van der Waals surface area contributed by atoms with Crippen LogP contribution < -0.4 is 5.32 Å². The van der Waals surface area contributed by atoms with Crippen LogP contribution in [0.4, 0.5) is 8.78 Å². The Hall–Kier alpha value is -1.20. The molecule has 1 unspecified atom stereocenters. The van der Waals surface area contributed by atoms with E-state index in [9.17, 15) is 18.4 Å². The molecule has 0 radical (unpaired) electrons. The van der Waals surface area contributed by atoms with E-state index in [0.717, 1.165) is 0 Å². The van der Waals surface area contributed by atoms with Crippen LogP contribution in [0.2, 0.25) is 0 Å². The quantitative estimate of drug-likeness (QED) is 0.682. The summed E-state index contributed by atoms with van der Waals surface area (Å²) in [5, 5.41) is 2.10. The van der Waals surface area contributed by atoms with Crippen LogP contribution >= 0.6 is 0 Å². The van der Waals surface area contributed by atoms with Crippen molar-refractivity contribution in [3.05, 3.63) is 0 Å². The van der Waals surface area contributed by atoms with Crippen LogP contribution in [0.5, 0.6) is 0 Å². The summed E-state index contributed by atoms with van der Waals surface area (Å²) in [5.41, 5.74) is 0. The Balaban J connectivity index is 3.92. The highest BCUT2D eigenvalue weighted by molar-refractivity contribution is 5.79. The maximum absolute atomic E-state index is 11.9. The number of ether oxygens (including phenoxy) is 1. The van der Waals surface area contributed by atoms with E-state index < -0.39 is 18.4 Å². The molecule has 1 amide bonds. The van der Waals surface area contributed by atoms with Crippen LogP contribution in [-0.4, -0.2) is 31.0 Å². The van der Waals surface area contributed by atoms with Gasteiger partial charge in [0.05, 0.1) is 6.04 Å². The van der Waals surface area contributed by atoms with Gasteiger partial charge < -0.3 is 10.1 Å². The fourth-order valence-corrected chi connectivity index (χ4v) is 0.996. The Morgan fingerprint density at radius 3 is 2.38 bits per heavy atom. The molecule has 0 saturated carbocycles. The molecular formula is C10H17F2NO3. The first-order valence-electron chi connectivity index (χ1n) is 5.25. The summed E-state index contributed by atoms with van der Waals surface area (Å²) in [6.45, 7) is 3.48. The number of halogens is 2. The summed E-state index contributed by atoms with van der Waals surface area (Å²) >= 11 is 0. The Morgan fingerprint density at radius 1 is 1.31 bits per heavy atom. The van der Waals surface area contributed by atoms with Gasteiger partial charge in [-0.15, -0.1) is 0 Å². The highest BCUT2D eigenvalue weighted by Crippen LogP contribution is 1.99. The van der Waals surface area contributed by atoms with Crippen LogP contribution in [0.15, 0.2) is 0 Å². The van der Waals surface area contributed by atoms with Gasteiger partial charge in [0.2, 0.25) is 0 Å². The van der Waals surface area contributed by atoms with Gasteiger partial charge in [0.25, 0.3) is 5.91 Å². The summed E-state index contributed by atoms with van der Waals surface area (Å²) in [7, 11) is 0. The number of carbonyl (C=O) groups excluding carboxylic acids is 2. The van der Waals surface area contributed by atoms with Gasteiger partial charge in [-0.2, -0.15) is 8.78 Å². The van der Waals surface area contributed by atoms with Crippen molar-refractivity contribution >= 4 is 11.9 Å². The molecule has 16 heavy (non-hydrogen) atoms. The molecule has 0 aliphatic heterocycles. The molecule has 0 bridgehead atoms. The summed E-state index contributed by atoms with van der Waals surface area (Å²) in [6.07, 6.45) is -1.66. The molecule has 0 fully saturated rings. The number of rotatable bonds is 7. The van der Waals surface area contributed by atoms with Gasteiger partial charge in [0.1, 0.15) is 6.61 Å². The van der Waals surface area contributed by atoms with E-state index in [2.05, 4.69) is 5.32 Å². The molecular weight excluding hydrogens is 220 g/mol. The normalized spacial score (nSPS) is 12.3. The van der Waals surface area contributed by atoms with Crippen molar-refractivity contribution in [3.8, 4) is 0 Å². The average Bonchev–Trinajstić information content (AvgIpc) is 2.24. The van der Waals surface area contributed by atoms with Gasteiger partial charge in [0.15, 0.2) is 0 Å². The first-order valence-corrected chi connectivity index (χ1v) is 5.25. The Bertz CT molecular complexity index is 234. The highest BCUT2D eigenvalue weighted by atomic mass is 19.3. The number of nitrogens with one attached hydrogen (secondary N) is 1. The van der Waals surface area contributed by atoms with Crippen molar-refractivity contribution in [2.75, 3.05) is 6.61 Å². The molecule has 4 nitrogen and oxygen atoms in total. The van der Waals surface area contributed by atoms with Crippen molar-refractivity contribution in [2.45, 2.75) is 45.6 Å². The molecule has 6 heteroatoms. The monoisotopic (exact) mass is 237 g/mol. The number of alkyl halides is 2. The lowest BCUT2D eigenvalue weighted by molar-refractivity contribution is -0.145. The van der Waals surface area contributed by atoms with Gasteiger partial charge >= 0.3 is 12.4 Å². The summed E-state index contributed by atoms with van der Waals surface area (Å²) < 4.78 is 28.7. The molecule has 0 spiro atoms. The van der Waals surface area contributed by atoms with Gasteiger partial charge in [-0.05, 0) is 12.8 Å².